The lowest BCUT2D eigenvalue weighted by molar-refractivity contribution is -0.0774. The van der Waals surface area contributed by atoms with Gasteiger partial charge in [0, 0.05) is 19.7 Å². The van der Waals surface area contributed by atoms with Crippen LogP contribution in [0.15, 0.2) is 71.3 Å². The first kappa shape index (κ1) is 25.8. The van der Waals surface area contributed by atoms with Crippen LogP contribution in [0.4, 0.5) is 0 Å². The van der Waals surface area contributed by atoms with E-state index in [1.807, 2.05) is 23.1 Å². The molecule has 1 aliphatic heterocycles. The van der Waals surface area contributed by atoms with Crippen molar-refractivity contribution in [1.29, 1.82) is 0 Å². The Bertz CT molecular complexity index is 1110. The minimum Gasteiger partial charge on any atom is -0.493 e. The van der Waals surface area contributed by atoms with Gasteiger partial charge in [0.2, 0.25) is 0 Å². The van der Waals surface area contributed by atoms with Crippen molar-refractivity contribution in [3.05, 3.63) is 83.8 Å². The third-order valence-corrected chi connectivity index (χ3v) is 7.08. The summed E-state index contributed by atoms with van der Waals surface area (Å²) in [6, 6.07) is 19.9. The fourth-order valence-corrected chi connectivity index (χ4v) is 5.30. The molecule has 192 valence electrons. The summed E-state index contributed by atoms with van der Waals surface area (Å²) < 4.78 is 22.4. The number of carbonyl (C=O) groups excluding carboxylic acids is 1. The van der Waals surface area contributed by atoms with E-state index in [0.717, 1.165) is 31.4 Å². The molecule has 0 unspecified atom stereocenters. The van der Waals surface area contributed by atoms with Crippen LogP contribution in [0.1, 0.15) is 60.7 Å². The zero-order valence-electron chi connectivity index (χ0n) is 21.7. The fraction of sp³-hybridized carbons (Fsp3) is 0.433. The van der Waals surface area contributed by atoms with Crippen molar-refractivity contribution in [2.75, 3.05) is 27.4 Å². The van der Waals surface area contributed by atoms with Gasteiger partial charge in [0.1, 0.15) is 0 Å². The monoisotopic (exact) mass is 491 g/mol. The van der Waals surface area contributed by atoms with Gasteiger partial charge in [0.15, 0.2) is 17.3 Å². The Morgan fingerprint density at radius 1 is 1.06 bits per heavy atom. The maximum Gasteiger partial charge on any atom is 0.289 e. The number of carbonyl (C=O) groups is 1. The lowest BCUT2D eigenvalue weighted by atomic mass is 9.75. The van der Waals surface area contributed by atoms with Gasteiger partial charge < -0.3 is 23.5 Å². The predicted molar refractivity (Wildman–Crippen MR) is 140 cm³/mol. The molecule has 0 saturated carbocycles. The van der Waals surface area contributed by atoms with Crippen molar-refractivity contribution < 1.29 is 23.4 Å². The van der Waals surface area contributed by atoms with Gasteiger partial charge in [-0.3, -0.25) is 4.79 Å². The molecule has 2 heterocycles. The average Bonchev–Trinajstić information content (AvgIpc) is 3.43. The standard InChI is InChI=1S/C30H37NO5/c1-30(2)20-24(15-18-36-30)25(23-9-6-5-7-10-23)14-16-31(29(32)27-11-8-17-35-27)21-22-12-13-26(33-3)28(19-22)34-4/h5-13,17,19,24-25H,14-16,18,20-21H2,1-4H3/t24-,25+/m0/s1. The average molecular weight is 492 g/mol. The fourth-order valence-electron chi connectivity index (χ4n) is 5.30. The minimum absolute atomic E-state index is 0.117. The molecule has 4 rings (SSSR count). The van der Waals surface area contributed by atoms with E-state index >= 15 is 0 Å². The van der Waals surface area contributed by atoms with Crippen molar-refractivity contribution in [2.45, 2.75) is 51.2 Å². The van der Waals surface area contributed by atoms with Gasteiger partial charge in [-0.1, -0.05) is 36.4 Å². The molecule has 0 spiro atoms. The Labute approximate surface area is 214 Å². The zero-order valence-corrected chi connectivity index (χ0v) is 21.7. The maximum absolute atomic E-state index is 13.5. The van der Waals surface area contributed by atoms with Crippen LogP contribution in [0.3, 0.4) is 0 Å². The highest BCUT2D eigenvalue weighted by molar-refractivity contribution is 5.91. The van der Waals surface area contributed by atoms with Crippen LogP contribution in [0.5, 0.6) is 11.5 Å². The van der Waals surface area contributed by atoms with Crippen molar-refractivity contribution in [3.8, 4) is 11.5 Å². The molecule has 36 heavy (non-hydrogen) atoms. The number of benzene rings is 2. The quantitative estimate of drug-likeness (QED) is 0.332. The van der Waals surface area contributed by atoms with E-state index in [1.165, 1.54) is 5.56 Å². The van der Waals surface area contributed by atoms with Crippen LogP contribution < -0.4 is 9.47 Å². The third-order valence-electron chi connectivity index (χ3n) is 7.08. The molecule has 6 heteroatoms. The van der Waals surface area contributed by atoms with E-state index in [0.29, 0.717) is 42.2 Å². The molecule has 0 aliphatic carbocycles. The SMILES string of the molecule is COc1ccc(CN(CC[C@H](c2ccccc2)[C@H]2CCOC(C)(C)C2)C(=O)c2ccco2)cc1OC. The van der Waals surface area contributed by atoms with Crippen LogP contribution in [0.25, 0.3) is 0 Å². The van der Waals surface area contributed by atoms with Crippen LogP contribution in [-0.2, 0) is 11.3 Å². The summed E-state index contributed by atoms with van der Waals surface area (Å²) in [6.07, 6.45) is 4.41. The number of methoxy groups -OCH3 is 2. The van der Waals surface area contributed by atoms with Crippen molar-refractivity contribution >= 4 is 5.91 Å². The van der Waals surface area contributed by atoms with Crippen LogP contribution in [0, 0.1) is 5.92 Å². The molecule has 0 radical (unpaired) electrons. The molecular weight excluding hydrogens is 454 g/mol. The van der Waals surface area contributed by atoms with Gasteiger partial charge in [-0.2, -0.15) is 0 Å². The lowest BCUT2D eigenvalue weighted by Crippen LogP contribution is -2.38. The Kier molecular flexibility index (Phi) is 8.36. The number of ether oxygens (including phenoxy) is 3. The Morgan fingerprint density at radius 2 is 1.83 bits per heavy atom. The number of rotatable bonds is 10. The molecular formula is C30H37NO5. The van der Waals surface area contributed by atoms with Crippen molar-refractivity contribution in [3.63, 3.8) is 0 Å². The topological polar surface area (TPSA) is 61.1 Å². The molecule has 1 aliphatic rings. The van der Waals surface area contributed by atoms with Gasteiger partial charge in [-0.05, 0) is 80.3 Å². The Hall–Kier alpha value is -3.25. The third kappa shape index (κ3) is 6.30. The second-order valence-corrected chi connectivity index (χ2v) is 10.1. The highest BCUT2D eigenvalue weighted by Crippen LogP contribution is 2.40. The first-order valence-corrected chi connectivity index (χ1v) is 12.6. The smallest absolute Gasteiger partial charge is 0.289 e. The van der Waals surface area contributed by atoms with Crippen molar-refractivity contribution in [1.82, 2.24) is 4.90 Å². The molecule has 2 atom stereocenters. The highest BCUT2D eigenvalue weighted by Gasteiger charge is 2.34. The van der Waals surface area contributed by atoms with Gasteiger partial charge in [0.05, 0.1) is 26.1 Å². The van der Waals surface area contributed by atoms with E-state index < -0.39 is 0 Å². The summed E-state index contributed by atoms with van der Waals surface area (Å²) in [7, 11) is 3.23. The van der Waals surface area contributed by atoms with Gasteiger partial charge in [-0.15, -0.1) is 0 Å². The number of hydrogen-bond acceptors (Lipinski definition) is 5. The first-order chi connectivity index (χ1) is 17.4. The van der Waals surface area contributed by atoms with Crippen molar-refractivity contribution in [2.24, 2.45) is 5.92 Å². The number of hydrogen-bond donors (Lipinski definition) is 0. The summed E-state index contributed by atoms with van der Waals surface area (Å²) >= 11 is 0. The summed E-state index contributed by atoms with van der Waals surface area (Å²) in [5.41, 5.74) is 2.15. The number of amides is 1. The van der Waals surface area contributed by atoms with E-state index in [1.54, 1.807) is 32.6 Å². The number of furan rings is 1. The number of nitrogens with zero attached hydrogens (tertiary/aromatic N) is 1. The van der Waals surface area contributed by atoms with Gasteiger partial charge in [-0.25, -0.2) is 0 Å². The Balaban J connectivity index is 1.58. The highest BCUT2D eigenvalue weighted by atomic mass is 16.5. The molecule has 1 fully saturated rings. The summed E-state index contributed by atoms with van der Waals surface area (Å²) in [4.78, 5) is 15.3. The largest absolute Gasteiger partial charge is 0.493 e. The van der Waals surface area contributed by atoms with E-state index in [2.05, 4.69) is 44.2 Å². The molecule has 0 bridgehead atoms. The summed E-state index contributed by atoms with van der Waals surface area (Å²) in [5, 5.41) is 0. The summed E-state index contributed by atoms with van der Waals surface area (Å²) in [5.74, 6) is 2.35. The Morgan fingerprint density at radius 3 is 2.50 bits per heavy atom. The van der Waals surface area contributed by atoms with E-state index in [4.69, 9.17) is 18.6 Å². The predicted octanol–water partition coefficient (Wildman–Crippen LogP) is 6.32. The van der Waals surface area contributed by atoms with E-state index in [-0.39, 0.29) is 11.5 Å². The molecule has 2 aromatic carbocycles. The van der Waals surface area contributed by atoms with Crippen LogP contribution >= 0.6 is 0 Å². The lowest BCUT2D eigenvalue weighted by Gasteiger charge is -2.40. The summed E-state index contributed by atoms with van der Waals surface area (Å²) in [6.45, 7) is 6.16. The van der Waals surface area contributed by atoms with Crippen LogP contribution in [-0.4, -0.2) is 43.8 Å². The van der Waals surface area contributed by atoms with Crippen LogP contribution in [0.2, 0.25) is 0 Å². The second kappa shape index (κ2) is 11.7. The normalized spacial score (nSPS) is 17.8. The van der Waals surface area contributed by atoms with Gasteiger partial charge >= 0.3 is 0 Å². The maximum atomic E-state index is 13.5. The molecule has 1 amide bonds. The molecule has 1 saturated heterocycles. The zero-order chi connectivity index (χ0) is 25.5. The van der Waals surface area contributed by atoms with E-state index in [9.17, 15) is 4.79 Å². The molecule has 3 aromatic rings. The molecule has 1 aromatic heterocycles. The second-order valence-electron chi connectivity index (χ2n) is 10.1. The molecule has 6 nitrogen and oxygen atoms in total. The first-order valence-electron chi connectivity index (χ1n) is 12.6. The minimum atomic E-state index is -0.140. The molecule has 0 N–H and O–H groups in total. The van der Waals surface area contributed by atoms with Gasteiger partial charge in [0.25, 0.3) is 5.91 Å².